The Balaban J connectivity index is 1.49. The lowest BCUT2D eigenvalue weighted by atomic mass is 9.62. The molecule has 1 N–H and O–H groups in total. The summed E-state index contributed by atoms with van der Waals surface area (Å²) in [7, 11) is 2.06. The van der Waals surface area contributed by atoms with Gasteiger partial charge in [-0.2, -0.15) is 4.98 Å². The minimum absolute atomic E-state index is 0.107. The molecule has 3 aromatic rings. The zero-order valence-corrected chi connectivity index (χ0v) is 22.6. The van der Waals surface area contributed by atoms with Gasteiger partial charge < -0.3 is 19.4 Å². The summed E-state index contributed by atoms with van der Waals surface area (Å²) in [6, 6.07) is 10.3. The van der Waals surface area contributed by atoms with E-state index in [9.17, 15) is 9.90 Å². The maximum absolute atomic E-state index is 12.5. The molecule has 196 valence electrons. The van der Waals surface area contributed by atoms with E-state index >= 15 is 0 Å². The molecular weight excluding hydrogens is 466 g/mol. The molecule has 8 heteroatoms. The van der Waals surface area contributed by atoms with E-state index in [1.165, 1.54) is 5.56 Å². The van der Waals surface area contributed by atoms with Gasteiger partial charge in [0.2, 0.25) is 17.6 Å². The van der Waals surface area contributed by atoms with Crippen molar-refractivity contribution >= 4 is 5.91 Å². The molecule has 0 saturated carbocycles. The summed E-state index contributed by atoms with van der Waals surface area (Å²) in [6.45, 7) is 12.6. The fourth-order valence-electron chi connectivity index (χ4n) is 6.02. The molecule has 2 saturated heterocycles. The van der Waals surface area contributed by atoms with E-state index in [2.05, 4.69) is 60.0 Å². The molecule has 2 aliphatic heterocycles. The fourth-order valence-corrected chi connectivity index (χ4v) is 6.02. The maximum atomic E-state index is 12.5. The predicted octanol–water partition coefficient (Wildman–Crippen LogP) is 4.17. The first-order chi connectivity index (χ1) is 17.5. The summed E-state index contributed by atoms with van der Waals surface area (Å²) in [5.41, 5.74) is 1.81. The molecule has 1 amide bonds. The number of amides is 1. The van der Waals surface area contributed by atoms with Crippen molar-refractivity contribution in [2.45, 2.75) is 64.5 Å². The van der Waals surface area contributed by atoms with Crippen LogP contribution in [0.4, 0.5) is 0 Å². The molecule has 37 heavy (non-hydrogen) atoms. The summed E-state index contributed by atoms with van der Waals surface area (Å²) >= 11 is 0. The average Bonchev–Trinajstić information content (AvgIpc) is 3.50. The van der Waals surface area contributed by atoms with Crippen LogP contribution in [0.25, 0.3) is 11.4 Å². The summed E-state index contributed by atoms with van der Waals surface area (Å²) in [5.74, 6) is 1.27. The molecule has 1 aromatic carbocycles. The molecule has 0 aliphatic carbocycles. The molecule has 2 atom stereocenters. The Hall–Kier alpha value is -3.10. The van der Waals surface area contributed by atoms with Crippen LogP contribution in [0, 0.1) is 5.41 Å². The second kappa shape index (κ2) is 9.33. The smallest absolute Gasteiger partial charge is 0.232 e. The van der Waals surface area contributed by atoms with E-state index in [4.69, 9.17) is 4.52 Å². The van der Waals surface area contributed by atoms with Crippen LogP contribution < -0.4 is 0 Å². The van der Waals surface area contributed by atoms with E-state index in [0.717, 1.165) is 18.7 Å². The highest BCUT2D eigenvalue weighted by molar-refractivity contribution is 5.79. The number of aromatic nitrogens is 3. The lowest BCUT2D eigenvalue weighted by Gasteiger charge is -2.55. The number of carbonyl (C=O) groups excluding carboxylic acids is 1. The van der Waals surface area contributed by atoms with Gasteiger partial charge in [-0.1, -0.05) is 50.2 Å². The molecule has 8 nitrogen and oxygen atoms in total. The van der Waals surface area contributed by atoms with Crippen LogP contribution >= 0.6 is 0 Å². The molecule has 5 rings (SSSR count). The third-order valence-electron chi connectivity index (χ3n) is 8.09. The van der Waals surface area contributed by atoms with Gasteiger partial charge in [-0.25, -0.2) is 0 Å². The number of pyridine rings is 1. The lowest BCUT2D eigenvalue weighted by molar-refractivity contribution is -0.129. The number of benzene rings is 1. The largest absolute Gasteiger partial charge is 0.380 e. The topological polar surface area (TPSA) is 95.6 Å². The summed E-state index contributed by atoms with van der Waals surface area (Å²) < 4.78 is 5.60. The standard InChI is InChI=1S/C29H37N5O3/c1-18(2)20-7-9-23(10-8-20)29(36,28(5)16-33(6)17-28)24-11-21(13-30-14-24)26-31-27(37-32-26)22-12-25(35)34(15-22)19(3)4/h7-11,13-14,18-19,22,36H,12,15-17H2,1-6H3/t22-,29?/m0/s1. The Morgan fingerprint density at radius 2 is 1.81 bits per heavy atom. The molecule has 1 unspecified atom stereocenters. The van der Waals surface area contributed by atoms with Crippen molar-refractivity contribution in [1.29, 1.82) is 0 Å². The van der Waals surface area contributed by atoms with Crippen LogP contribution in [0.1, 0.15) is 75.5 Å². The predicted molar refractivity (Wildman–Crippen MR) is 141 cm³/mol. The number of aliphatic hydroxyl groups is 1. The maximum Gasteiger partial charge on any atom is 0.232 e. The second-order valence-electron chi connectivity index (χ2n) is 11.7. The minimum Gasteiger partial charge on any atom is -0.380 e. The first kappa shape index (κ1) is 25.5. The van der Waals surface area contributed by atoms with Gasteiger partial charge >= 0.3 is 0 Å². The first-order valence-electron chi connectivity index (χ1n) is 13.1. The molecule has 2 aliphatic rings. The van der Waals surface area contributed by atoms with Crippen molar-refractivity contribution in [1.82, 2.24) is 24.9 Å². The highest BCUT2D eigenvalue weighted by Gasteiger charge is 2.55. The minimum atomic E-state index is -1.25. The van der Waals surface area contributed by atoms with Gasteiger partial charge in [0, 0.05) is 61.0 Å². The quantitative estimate of drug-likeness (QED) is 0.517. The van der Waals surface area contributed by atoms with Crippen LogP contribution in [0.5, 0.6) is 0 Å². The Morgan fingerprint density at radius 3 is 2.41 bits per heavy atom. The van der Waals surface area contributed by atoms with Crippen LogP contribution in [0.2, 0.25) is 0 Å². The first-order valence-corrected chi connectivity index (χ1v) is 13.1. The lowest BCUT2D eigenvalue weighted by Crippen LogP contribution is -2.63. The molecule has 2 aromatic heterocycles. The van der Waals surface area contributed by atoms with Crippen molar-refractivity contribution < 1.29 is 14.4 Å². The number of rotatable bonds is 7. The van der Waals surface area contributed by atoms with Gasteiger partial charge in [0.1, 0.15) is 5.60 Å². The number of hydrogen-bond donors (Lipinski definition) is 1. The number of hydrogen-bond acceptors (Lipinski definition) is 7. The Morgan fingerprint density at radius 1 is 1.11 bits per heavy atom. The summed E-state index contributed by atoms with van der Waals surface area (Å²) in [5, 5.41) is 16.7. The number of carbonyl (C=O) groups is 1. The number of likely N-dealkylation sites (tertiary alicyclic amines) is 2. The second-order valence-corrected chi connectivity index (χ2v) is 11.7. The van der Waals surface area contributed by atoms with Crippen molar-refractivity contribution in [3.63, 3.8) is 0 Å². The normalized spacial score (nSPS) is 21.5. The SMILES string of the molecule is CC(C)c1ccc(C(O)(c2cncc(-c3noc([C@H]4CC(=O)N(C(C)C)C4)n3)c2)C2(C)CN(C)C2)cc1. The Bertz CT molecular complexity index is 1280. The molecule has 2 fully saturated rings. The van der Waals surface area contributed by atoms with Crippen molar-refractivity contribution in [2.75, 3.05) is 26.7 Å². The third-order valence-corrected chi connectivity index (χ3v) is 8.09. The van der Waals surface area contributed by atoms with E-state index in [-0.39, 0.29) is 17.9 Å². The monoisotopic (exact) mass is 503 g/mol. The molecule has 4 heterocycles. The third kappa shape index (κ3) is 4.36. The van der Waals surface area contributed by atoms with E-state index < -0.39 is 11.0 Å². The molecular formula is C29H37N5O3. The Labute approximate surface area is 218 Å². The summed E-state index contributed by atoms with van der Waals surface area (Å²) in [6.07, 6.45) is 3.80. The van der Waals surface area contributed by atoms with Gasteiger partial charge in [0.15, 0.2) is 0 Å². The van der Waals surface area contributed by atoms with Gasteiger partial charge in [-0.3, -0.25) is 9.78 Å². The zero-order valence-electron chi connectivity index (χ0n) is 22.6. The van der Waals surface area contributed by atoms with Crippen molar-refractivity contribution in [3.8, 4) is 11.4 Å². The van der Waals surface area contributed by atoms with Gasteiger partial charge in [-0.05, 0) is 44.0 Å². The van der Waals surface area contributed by atoms with Crippen LogP contribution in [0.15, 0.2) is 47.2 Å². The Kier molecular flexibility index (Phi) is 6.44. The van der Waals surface area contributed by atoms with E-state index in [0.29, 0.717) is 41.7 Å². The van der Waals surface area contributed by atoms with Crippen molar-refractivity contribution in [3.05, 3.63) is 65.3 Å². The van der Waals surface area contributed by atoms with Gasteiger partial charge in [0.25, 0.3) is 0 Å². The molecule has 0 bridgehead atoms. The van der Waals surface area contributed by atoms with Crippen LogP contribution in [-0.4, -0.2) is 68.7 Å². The number of nitrogens with zero attached hydrogens (tertiary/aromatic N) is 5. The highest BCUT2D eigenvalue weighted by atomic mass is 16.5. The van der Waals surface area contributed by atoms with E-state index in [1.807, 2.05) is 36.9 Å². The summed E-state index contributed by atoms with van der Waals surface area (Å²) in [4.78, 5) is 25.5. The zero-order chi connectivity index (χ0) is 26.5. The molecule has 0 spiro atoms. The van der Waals surface area contributed by atoms with Crippen LogP contribution in [0.3, 0.4) is 0 Å². The van der Waals surface area contributed by atoms with Crippen molar-refractivity contribution in [2.24, 2.45) is 5.41 Å². The average molecular weight is 504 g/mol. The van der Waals surface area contributed by atoms with Crippen LogP contribution in [-0.2, 0) is 10.4 Å². The molecule has 0 radical (unpaired) electrons. The van der Waals surface area contributed by atoms with E-state index in [1.54, 1.807) is 12.4 Å². The van der Waals surface area contributed by atoms with Gasteiger partial charge in [-0.15, -0.1) is 0 Å². The highest BCUT2D eigenvalue weighted by Crippen LogP contribution is 2.50. The fraction of sp³-hybridized carbons (Fsp3) is 0.517. The van der Waals surface area contributed by atoms with Gasteiger partial charge in [0.05, 0.1) is 5.92 Å².